The number of nitrogens with one attached hydrogen (secondary N) is 1. The van der Waals surface area contributed by atoms with Gasteiger partial charge >= 0.3 is 0 Å². The predicted octanol–water partition coefficient (Wildman–Crippen LogP) is 0.913. The van der Waals surface area contributed by atoms with Crippen molar-refractivity contribution >= 4 is 27.7 Å². The summed E-state index contributed by atoms with van der Waals surface area (Å²) < 4.78 is 0.885. The Balaban J connectivity index is 2.05. The zero-order valence-electron chi connectivity index (χ0n) is 10.7. The molecule has 100 valence electrons. The van der Waals surface area contributed by atoms with E-state index in [9.17, 15) is 0 Å². The lowest BCUT2D eigenvalue weighted by atomic mass is 10.1. The Morgan fingerprint density at radius 1 is 1.67 bits per heavy atom. The highest BCUT2D eigenvalue weighted by molar-refractivity contribution is 9.10. The summed E-state index contributed by atoms with van der Waals surface area (Å²) >= 11 is 3.48. The molecule has 2 rings (SSSR count). The van der Waals surface area contributed by atoms with E-state index in [4.69, 9.17) is 5.84 Å². The van der Waals surface area contributed by atoms with Gasteiger partial charge in [-0.2, -0.15) is 4.98 Å². The highest BCUT2D eigenvalue weighted by atomic mass is 79.9. The number of hydrazine groups is 1. The summed E-state index contributed by atoms with van der Waals surface area (Å²) in [7, 11) is 4.21. The maximum Gasteiger partial charge on any atom is 0.239 e. The van der Waals surface area contributed by atoms with Crippen molar-refractivity contribution in [3.05, 3.63) is 10.7 Å². The van der Waals surface area contributed by atoms with Crippen LogP contribution in [0.3, 0.4) is 0 Å². The molecule has 7 heteroatoms. The van der Waals surface area contributed by atoms with Crippen LogP contribution >= 0.6 is 15.9 Å². The van der Waals surface area contributed by atoms with E-state index in [1.165, 1.54) is 13.0 Å². The van der Waals surface area contributed by atoms with Crippen molar-refractivity contribution in [3.63, 3.8) is 0 Å². The zero-order valence-corrected chi connectivity index (χ0v) is 12.3. The second-order valence-corrected chi connectivity index (χ2v) is 5.66. The van der Waals surface area contributed by atoms with Crippen LogP contribution in [0.1, 0.15) is 6.42 Å². The number of likely N-dealkylation sites (tertiary alicyclic amines) is 1. The first-order valence-corrected chi connectivity index (χ1v) is 6.78. The summed E-state index contributed by atoms with van der Waals surface area (Å²) in [6.45, 7) is 3.32. The standard InChI is InChI=1S/C11H19BrN6/c1-17-4-3-8(6-17)7-18(2)10-9(12)5-14-11(15-10)16-13/h5,8H,3-4,6-7,13H2,1-2H3,(H,14,15,16). The Morgan fingerprint density at radius 3 is 3.06 bits per heavy atom. The van der Waals surface area contributed by atoms with Crippen LogP contribution in [-0.4, -0.2) is 48.6 Å². The summed E-state index contributed by atoms with van der Waals surface area (Å²) in [5.74, 6) is 7.33. The lowest BCUT2D eigenvalue weighted by Crippen LogP contribution is -2.28. The summed E-state index contributed by atoms with van der Waals surface area (Å²) in [6.07, 6.45) is 2.96. The SMILES string of the molecule is CN1CCC(CN(C)c2nc(NN)ncc2Br)C1. The van der Waals surface area contributed by atoms with Crippen LogP contribution in [0.25, 0.3) is 0 Å². The van der Waals surface area contributed by atoms with Gasteiger partial charge in [0.15, 0.2) is 0 Å². The van der Waals surface area contributed by atoms with Gasteiger partial charge in [0.1, 0.15) is 5.82 Å². The highest BCUT2D eigenvalue weighted by Crippen LogP contribution is 2.25. The fourth-order valence-electron chi connectivity index (χ4n) is 2.34. The van der Waals surface area contributed by atoms with Crippen molar-refractivity contribution in [1.29, 1.82) is 0 Å². The molecule has 1 fully saturated rings. The minimum absolute atomic E-state index is 0.434. The molecule has 0 amide bonds. The van der Waals surface area contributed by atoms with Crippen LogP contribution in [-0.2, 0) is 0 Å². The predicted molar refractivity (Wildman–Crippen MR) is 76.4 cm³/mol. The van der Waals surface area contributed by atoms with Gasteiger partial charge in [0.25, 0.3) is 0 Å². The number of nitrogens with two attached hydrogens (primary N) is 1. The minimum atomic E-state index is 0.434. The zero-order chi connectivity index (χ0) is 13.1. The van der Waals surface area contributed by atoms with Crippen molar-refractivity contribution in [2.45, 2.75) is 6.42 Å². The first kappa shape index (κ1) is 13.5. The van der Waals surface area contributed by atoms with Gasteiger partial charge in [0.2, 0.25) is 5.95 Å². The van der Waals surface area contributed by atoms with Crippen molar-refractivity contribution in [2.24, 2.45) is 11.8 Å². The van der Waals surface area contributed by atoms with Gasteiger partial charge < -0.3 is 9.80 Å². The Morgan fingerprint density at radius 2 is 2.44 bits per heavy atom. The normalized spacial score (nSPS) is 20.1. The number of nitrogen functional groups attached to an aromatic ring is 1. The van der Waals surface area contributed by atoms with Gasteiger partial charge in [-0.25, -0.2) is 10.8 Å². The molecule has 18 heavy (non-hydrogen) atoms. The fourth-order valence-corrected chi connectivity index (χ4v) is 2.84. The van der Waals surface area contributed by atoms with Gasteiger partial charge in [-0.15, -0.1) is 0 Å². The minimum Gasteiger partial charge on any atom is -0.358 e. The number of halogens is 1. The van der Waals surface area contributed by atoms with Gasteiger partial charge in [0.05, 0.1) is 4.47 Å². The molecule has 0 bridgehead atoms. The van der Waals surface area contributed by atoms with Crippen LogP contribution in [0.4, 0.5) is 11.8 Å². The summed E-state index contributed by atoms with van der Waals surface area (Å²) in [4.78, 5) is 12.9. The van der Waals surface area contributed by atoms with E-state index in [0.29, 0.717) is 11.9 Å². The number of aromatic nitrogens is 2. The van der Waals surface area contributed by atoms with Crippen molar-refractivity contribution in [2.75, 3.05) is 44.1 Å². The second kappa shape index (κ2) is 5.81. The van der Waals surface area contributed by atoms with E-state index in [1.807, 2.05) is 7.05 Å². The molecule has 0 saturated carbocycles. The molecule has 2 heterocycles. The second-order valence-electron chi connectivity index (χ2n) is 4.81. The van der Waals surface area contributed by atoms with Gasteiger partial charge in [-0.3, -0.25) is 5.43 Å². The molecule has 1 atom stereocenters. The quantitative estimate of drug-likeness (QED) is 0.636. The highest BCUT2D eigenvalue weighted by Gasteiger charge is 2.22. The smallest absolute Gasteiger partial charge is 0.239 e. The molecular formula is C11H19BrN6. The third-order valence-electron chi connectivity index (χ3n) is 3.24. The fraction of sp³-hybridized carbons (Fsp3) is 0.636. The number of rotatable bonds is 4. The molecule has 1 aliphatic heterocycles. The number of hydrogen-bond acceptors (Lipinski definition) is 6. The first-order chi connectivity index (χ1) is 8.60. The molecule has 0 aliphatic carbocycles. The molecule has 3 N–H and O–H groups in total. The van der Waals surface area contributed by atoms with Crippen molar-refractivity contribution in [1.82, 2.24) is 14.9 Å². The number of anilines is 2. The average Bonchev–Trinajstić information content (AvgIpc) is 2.75. The third-order valence-corrected chi connectivity index (χ3v) is 3.80. The first-order valence-electron chi connectivity index (χ1n) is 5.99. The average molecular weight is 315 g/mol. The maximum absolute atomic E-state index is 5.34. The summed E-state index contributed by atoms with van der Waals surface area (Å²) in [5, 5.41) is 0. The largest absolute Gasteiger partial charge is 0.358 e. The molecule has 1 aliphatic rings. The molecule has 0 spiro atoms. The van der Waals surface area contributed by atoms with E-state index in [2.05, 4.69) is 48.2 Å². The van der Waals surface area contributed by atoms with E-state index in [0.717, 1.165) is 23.4 Å². The molecule has 1 unspecified atom stereocenters. The Bertz CT molecular complexity index is 413. The van der Waals surface area contributed by atoms with Crippen LogP contribution in [0.2, 0.25) is 0 Å². The number of hydrogen-bond donors (Lipinski definition) is 2. The molecule has 0 radical (unpaired) electrons. The summed E-state index contributed by atoms with van der Waals surface area (Å²) in [5.41, 5.74) is 2.47. The maximum atomic E-state index is 5.34. The lowest BCUT2D eigenvalue weighted by Gasteiger charge is -2.23. The van der Waals surface area contributed by atoms with Crippen molar-refractivity contribution in [3.8, 4) is 0 Å². The Labute approximate surface area is 116 Å². The number of nitrogens with zero attached hydrogens (tertiary/aromatic N) is 4. The third kappa shape index (κ3) is 3.09. The van der Waals surface area contributed by atoms with Crippen LogP contribution in [0.15, 0.2) is 10.7 Å². The topological polar surface area (TPSA) is 70.3 Å². The molecule has 1 aromatic rings. The molecular weight excluding hydrogens is 296 g/mol. The Kier molecular flexibility index (Phi) is 4.36. The molecule has 6 nitrogen and oxygen atoms in total. The Hall–Kier alpha value is -0.920. The van der Waals surface area contributed by atoms with Crippen LogP contribution < -0.4 is 16.2 Å². The van der Waals surface area contributed by atoms with Gasteiger partial charge in [-0.1, -0.05) is 0 Å². The van der Waals surface area contributed by atoms with Gasteiger partial charge in [0, 0.05) is 26.3 Å². The van der Waals surface area contributed by atoms with E-state index >= 15 is 0 Å². The van der Waals surface area contributed by atoms with E-state index in [1.54, 1.807) is 6.20 Å². The van der Waals surface area contributed by atoms with E-state index < -0.39 is 0 Å². The lowest BCUT2D eigenvalue weighted by molar-refractivity contribution is 0.395. The van der Waals surface area contributed by atoms with E-state index in [-0.39, 0.29) is 0 Å². The molecule has 1 aromatic heterocycles. The van der Waals surface area contributed by atoms with Gasteiger partial charge in [-0.05, 0) is 41.9 Å². The van der Waals surface area contributed by atoms with Crippen molar-refractivity contribution < 1.29 is 0 Å². The molecule has 0 aromatic carbocycles. The molecule has 1 saturated heterocycles. The van der Waals surface area contributed by atoms with Crippen LogP contribution in [0.5, 0.6) is 0 Å². The monoisotopic (exact) mass is 314 g/mol. The van der Waals surface area contributed by atoms with Crippen LogP contribution in [0, 0.1) is 5.92 Å². The summed E-state index contributed by atoms with van der Waals surface area (Å²) in [6, 6.07) is 0.